The summed E-state index contributed by atoms with van der Waals surface area (Å²) in [7, 11) is 0. The molecule has 1 unspecified atom stereocenters. The smallest absolute Gasteiger partial charge is 0.159 e. The molecule has 1 nitrogen and oxygen atoms in total. The molecule has 1 aliphatic rings. The first-order valence-corrected chi connectivity index (χ1v) is 6.78. The minimum atomic E-state index is -0.801. The van der Waals surface area contributed by atoms with Crippen LogP contribution in [0.25, 0.3) is 0 Å². The second-order valence-electron chi connectivity index (χ2n) is 5.19. The molecule has 0 radical (unpaired) electrons. The first-order chi connectivity index (χ1) is 8.72. The van der Waals surface area contributed by atoms with E-state index < -0.39 is 11.6 Å². The van der Waals surface area contributed by atoms with Crippen molar-refractivity contribution in [2.45, 2.75) is 44.4 Å². The van der Waals surface area contributed by atoms with E-state index in [0.717, 1.165) is 18.4 Å². The summed E-state index contributed by atoms with van der Waals surface area (Å²) in [6.07, 6.45) is 6.57. The van der Waals surface area contributed by atoms with Crippen molar-refractivity contribution in [1.82, 2.24) is 0 Å². The molecule has 1 atom stereocenters. The van der Waals surface area contributed by atoms with Crippen molar-refractivity contribution in [3.63, 3.8) is 0 Å². The fourth-order valence-corrected chi connectivity index (χ4v) is 3.09. The molecule has 1 saturated carbocycles. The second kappa shape index (κ2) is 6.28. The van der Waals surface area contributed by atoms with Gasteiger partial charge in [-0.2, -0.15) is 0 Å². The van der Waals surface area contributed by atoms with E-state index in [0.29, 0.717) is 12.3 Å². The lowest BCUT2D eigenvalue weighted by molar-refractivity contribution is 0.228. The Bertz CT molecular complexity index is 386. The third-order valence-corrected chi connectivity index (χ3v) is 4.03. The van der Waals surface area contributed by atoms with Crippen LogP contribution in [-0.2, 0) is 0 Å². The average Bonchev–Trinajstić information content (AvgIpc) is 2.40. The van der Waals surface area contributed by atoms with E-state index in [4.69, 9.17) is 0 Å². The van der Waals surface area contributed by atoms with Crippen LogP contribution < -0.4 is 0 Å². The van der Waals surface area contributed by atoms with Gasteiger partial charge in [-0.15, -0.1) is 0 Å². The van der Waals surface area contributed by atoms with Gasteiger partial charge in [0.1, 0.15) is 0 Å². The van der Waals surface area contributed by atoms with E-state index in [2.05, 4.69) is 0 Å². The lowest BCUT2D eigenvalue weighted by Gasteiger charge is -2.30. The summed E-state index contributed by atoms with van der Waals surface area (Å²) in [6, 6.07) is 4.15. The van der Waals surface area contributed by atoms with Crippen molar-refractivity contribution in [1.29, 1.82) is 0 Å². The number of hydrogen-bond acceptors (Lipinski definition) is 1. The normalized spacial score (nSPS) is 18.8. The number of benzene rings is 1. The monoisotopic (exact) mass is 254 g/mol. The Hall–Kier alpha value is -0.960. The molecule has 0 spiro atoms. The topological polar surface area (TPSA) is 20.2 Å². The van der Waals surface area contributed by atoms with Gasteiger partial charge in [0.25, 0.3) is 0 Å². The molecule has 3 heteroatoms. The Balaban J connectivity index is 2.19. The number of aliphatic hydroxyl groups is 1. The van der Waals surface area contributed by atoms with Crippen LogP contribution in [0.5, 0.6) is 0 Å². The molecule has 0 aromatic heterocycles. The molecule has 100 valence electrons. The Labute approximate surface area is 107 Å². The van der Waals surface area contributed by atoms with Crippen LogP contribution >= 0.6 is 0 Å². The molecule has 0 amide bonds. The van der Waals surface area contributed by atoms with Gasteiger partial charge in [0.2, 0.25) is 0 Å². The molecule has 0 aliphatic heterocycles. The molecule has 2 rings (SSSR count). The molecule has 1 aromatic rings. The Morgan fingerprint density at radius 2 is 1.83 bits per heavy atom. The van der Waals surface area contributed by atoms with Gasteiger partial charge in [-0.1, -0.05) is 25.3 Å². The molecule has 1 aromatic carbocycles. The van der Waals surface area contributed by atoms with Crippen molar-refractivity contribution < 1.29 is 13.9 Å². The van der Waals surface area contributed by atoms with Gasteiger partial charge >= 0.3 is 0 Å². The lowest BCUT2D eigenvalue weighted by atomic mass is 9.75. The Morgan fingerprint density at radius 3 is 2.44 bits per heavy atom. The summed E-state index contributed by atoms with van der Waals surface area (Å²) in [5.41, 5.74) is 0.829. The predicted octanol–water partition coefficient (Wildman–Crippen LogP) is 4.01. The first-order valence-electron chi connectivity index (χ1n) is 6.78. The van der Waals surface area contributed by atoms with Gasteiger partial charge in [0, 0.05) is 6.61 Å². The molecule has 0 bridgehead atoms. The standard InChI is InChI=1S/C15H20F2O/c16-14-7-6-12(10-15(14)17)13(8-9-18)11-4-2-1-3-5-11/h6-7,10-11,13,18H,1-5,8-9H2. The van der Waals surface area contributed by atoms with E-state index >= 15 is 0 Å². The van der Waals surface area contributed by atoms with Crippen molar-refractivity contribution in [2.24, 2.45) is 5.92 Å². The van der Waals surface area contributed by atoms with Crippen LogP contribution in [0.1, 0.15) is 50.0 Å². The molecular formula is C15H20F2O. The van der Waals surface area contributed by atoms with Crippen LogP contribution in [0.4, 0.5) is 8.78 Å². The maximum atomic E-state index is 13.3. The van der Waals surface area contributed by atoms with Gasteiger partial charge < -0.3 is 5.11 Å². The Kier molecular flexibility index (Phi) is 4.70. The zero-order chi connectivity index (χ0) is 13.0. The highest BCUT2D eigenvalue weighted by atomic mass is 19.2. The fourth-order valence-electron chi connectivity index (χ4n) is 3.09. The van der Waals surface area contributed by atoms with Gasteiger partial charge in [-0.3, -0.25) is 0 Å². The maximum Gasteiger partial charge on any atom is 0.159 e. The van der Waals surface area contributed by atoms with E-state index in [1.54, 1.807) is 6.07 Å². The van der Waals surface area contributed by atoms with Crippen LogP contribution in [0.15, 0.2) is 18.2 Å². The highest BCUT2D eigenvalue weighted by Gasteiger charge is 2.25. The molecular weight excluding hydrogens is 234 g/mol. The van der Waals surface area contributed by atoms with E-state index in [1.807, 2.05) is 0 Å². The molecule has 0 saturated heterocycles. The third kappa shape index (κ3) is 3.08. The lowest BCUT2D eigenvalue weighted by Crippen LogP contribution is -2.18. The van der Waals surface area contributed by atoms with Crippen molar-refractivity contribution in [3.8, 4) is 0 Å². The van der Waals surface area contributed by atoms with Crippen molar-refractivity contribution in [2.75, 3.05) is 6.61 Å². The highest BCUT2D eigenvalue weighted by molar-refractivity contribution is 5.22. The summed E-state index contributed by atoms with van der Waals surface area (Å²) in [6.45, 7) is 0.0974. The van der Waals surface area contributed by atoms with E-state index in [9.17, 15) is 13.9 Å². The van der Waals surface area contributed by atoms with Gasteiger partial charge in [0.15, 0.2) is 11.6 Å². The number of halogens is 2. The van der Waals surface area contributed by atoms with E-state index in [1.165, 1.54) is 31.4 Å². The average molecular weight is 254 g/mol. The summed E-state index contributed by atoms with van der Waals surface area (Å²) in [5.74, 6) is -0.933. The SMILES string of the molecule is OCCC(c1ccc(F)c(F)c1)C1CCCCC1. The van der Waals surface area contributed by atoms with Crippen LogP contribution in [0.3, 0.4) is 0 Å². The largest absolute Gasteiger partial charge is 0.396 e. The molecule has 0 heterocycles. The Morgan fingerprint density at radius 1 is 1.11 bits per heavy atom. The molecule has 1 fully saturated rings. The minimum Gasteiger partial charge on any atom is -0.396 e. The summed E-state index contributed by atoms with van der Waals surface area (Å²) in [4.78, 5) is 0. The quantitative estimate of drug-likeness (QED) is 0.860. The van der Waals surface area contributed by atoms with Crippen molar-refractivity contribution in [3.05, 3.63) is 35.4 Å². The highest BCUT2D eigenvalue weighted by Crippen LogP contribution is 2.38. The summed E-state index contributed by atoms with van der Waals surface area (Å²) in [5, 5.41) is 9.18. The zero-order valence-electron chi connectivity index (χ0n) is 10.5. The second-order valence-corrected chi connectivity index (χ2v) is 5.19. The van der Waals surface area contributed by atoms with Gasteiger partial charge in [0.05, 0.1) is 0 Å². The fraction of sp³-hybridized carbons (Fsp3) is 0.600. The van der Waals surface area contributed by atoms with Gasteiger partial charge in [-0.25, -0.2) is 8.78 Å². The molecule has 1 N–H and O–H groups in total. The molecule has 1 aliphatic carbocycles. The third-order valence-electron chi connectivity index (χ3n) is 4.03. The predicted molar refractivity (Wildman–Crippen MR) is 67.4 cm³/mol. The van der Waals surface area contributed by atoms with Gasteiger partial charge in [-0.05, 0) is 48.8 Å². The van der Waals surface area contributed by atoms with Crippen LogP contribution in [0, 0.1) is 17.6 Å². The maximum absolute atomic E-state index is 13.3. The van der Waals surface area contributed by atoms with Crippen molar-refractivity contribution >= 4 is 0 Å². The van der Waals surface area contributed by atoms with E-state index in [-0.39, 0.29) is 12.5 Å². The number of rotatable bonds is 4. The first kappa shape index (κ1) is 13.5. The van der Waals surface area contributed by atoms with Crippen LogP contribution in [-0.4, -0.2) is 11.7 Å². The van der Waals surface area contributed by atoms with Crippen LogP contribution in [0.2, 0.25) is 0 Å². The minimum absolute atomic E-state index is 0.0974. The number of hydrogen-bond donors (Lipinski definition) is 1. The molecule has 18 heavy (non-hydrogen) atoms. The number of aliphatic hydroxyl groups excluding tert-OH is 1. The summed E-state index contributed by atoms with van der Waals surface area (Å²) >= 11 is 0. The summed E-state index contributed by atoms with van der Waals surface area (Å²) < 4.78 is 26.3. The zero-order valence-corrected chi connectivity index (χ0v) is 10.5.